The molecule has 0 amide bonds. The third kappa shape index (κ3) is 1.99. The van der Waals surface area contributed by atoms with Crippen LogP contribution in [0.3, 0.4) is 0 Å². The summed E-state index contributed by atoms with van der Waals surface area (Å²) in [4.78, 5) is 0. The van der Waals surface area contributed by atoms with E-state index < -0.39 is 0 Å². The first-order valence-electron chi connectivity index (χ1n) is 4.96. The van der Waals surface area contributed by atoms with Gasteiger partial charge in [0.05, 0.1) is 6.10 Å². The minimum Gasteiger partial charge on any atom is -0.391 e. The average Bonchev–Trinajstić information content (AvgIpc) is 1.99. The van der Waals surface area contributed by atoms with E-state index in [0.717, 1.165) is 12.8 Å². The van der Waals surface area contributed by atoms with Gasteiger partial charge in [-0.05, 0) is 30.6 Å². The van der Waals surface area contributed by atoms with Crippen molar-refractivity contribution in [2.24, 2.45) is 23.5 Å². The molecular weight excluding hydrogens is 150 g/mol. The van der Waals surface area contributed by atoms with Crippen molar-refractivity contribution in [1.29, 1.82) is 0 Å². The number of hydrogen-bond donors (Lipinski definition) is 2. The van der Waals surface area contributed by atoms with Crippen LogP contribution in [0.2, 0.25) is 0 Å². The predicted molar refractivity (Wildman–Crippen MR) is 50.7 cm³/mol. The summed E-state index contributed by atoms with van der Waals surface area (Å²) in [5.74, 6) is 1.78. The Morgan fingerprint density at radius 2 is 1.92 bits per heavy atom. The van der Waals surface area contributed by atoms with E-state index in [-0.39, 0.29) is 12.1 Å². The van der Waals surface area contributed by atoms with Crippen LogP contribution >= 0.6 is 0 Å². The molecule has 4 atom stereocenters. The number of aliphatic hydroxyl groups is 1. The van der Waals surface area contributed by atoms with E-state index in [0.29, 0.717) is 17.8 Å². The van der Waals surface area contributed by atoms with E-state index in [1.54, 1.807) is 0 Å². The van der Waals surface area contributed by atoms with Crippen LogP contribution in [0.4, 0.5) is 0 Å². The second kappa shape index (κ2) is 3.75. The molecule has 1 aliphatic carbocycles. The summed E-state index contributed by atoms with van der Waals surface area (Å²) in [5.41, 5.74) is 5.85. The normalized spacial score (nSPS) is 43.5. The molecule has 0 spiro atoms. The molecule has 72 valence electrons. The molecule has 1 unspecified atom stereocenters. The lowest BCUT2D eigenvalue weighted by Crippen LogP contribution is -2.46. The first-order chi connectivity index (χ1) is 5.52. The van der Waals surface area contributed by atoms with Crippen LogP contribution in [-0.2, 0) is 0 Å². The predicted octanol–water partition coefficient (Wildman–Crippen LogP) is 1.38. The fraction of sp³-hybridized carbons (Fsp3) is 1.00. The molecule has 0 heterocycles. The molecule has 2 heteroatoms. The Morgan fingerprint density at radius 1 is 1.33 bits per heavy atom. The van der Waals surface area contributed by atoms with E-state index in [1.165, 1.54) is 0 Å². The van der Waals surface area contributed by atoms with Crippen LogP contribution in [0.1, 0.15) is 33.6 Å². The van der Waals surface area contributed by atoms with Gasteiger partial charge in [-0.1, -0.05) is 20.8 Å². The van der Waals surface area contributed by atoms with Crippen molar-refractivity contribution >= 4 is 0 Å². The third-order valence-corrected chi connectivity index (χ3v) is 3.21. The summed E-state index contributed by atoms with van der Waals surface area (Å²) in [5, 5.41) is 9.62. The van der Waals surface area contributed by atoms with Crippen molar-refractivity contribution in [2.45, 2.75) is 45.8 Å². The first kappa shape index (κ1) is 10.0. The molecule has 3 N–H and O–H groups in total. The lowest BCUT2D eigenvalue weighted by Gasteiger charge is -2.37. The van der Waals surface area contributed by atoms with Crippen molar-refractivity contribution in [1.82, 2.24) is 0 Å². The van der Waals surface area contributed by atoms with E-state index in [4.69, 9.17) is 5.73 Å². The quantitative estimate of drug-likeness (QED) is 0.626. The van der Waals surface area contributed by atoms with Crippen LogP contribution in [-0.4, -0.2) is 17.3 Å². The maximum Gasteiger partial charge on any atom is 0.0716 e. The largest absolute Gasteiger partial charge is 0.391 e. The molecule has 0 aromatic heterocycles. The van der Waals surface area contributed by atoms with Crippen molar-refractivity contribution in [3.63, 3.8) is 0 Å². The fourth-order valence-electron chi connectivity index (χ4n) is 2.17. The van der Waals surface area contributed by atoms with Gasteiger partial charge in [0.15, 0.2) is 0 Å². The lowest BCUT2D eigenvalue weighted by atomic mass is 9.73. The van der Waals surface area contributed by atoms with Gasteiger partial charge >= 0.3 is 0 Å². The third-order valence-electron chi connectivity index (χ3n) is 3.21. The molecular formula is C10H21NO. The standard InChI is InChI=1S/C10H21NO/c1-6(2)8-4-7(3)10(12)9(11)5-8/h6-10,12H,4-5,11H2,1-3H3/t7?,8-,9-,10-/m1/s1. The number of hydrogen-bond acceptors (Lipinski definition) is 2. The molecule has 0 aliphatic heterocycles. The number of aliphatic hydroxyl groups excluding tert-OH is 1. The smallest absolute Gasteiger partial charge is 0.0716 e. The van der Waals surface area contributed by atoms with Crippen LogP contribution in [0, 0.1) is 17.8 Å². The van der Waals surface area contributed by atoms with Crippen molar-refractivity contribution < 1.29 is 5.11 Å². The van der Waals surface area contributed by atoms with Gasteiger partial charge < -0.3 is 10.8 Å². The van der Waals surface area contributed by atoms with Crippen LogP contribution in [0.5, 0.6) is 0 Å². The molecule has 0 radical (unpaired) electrons. The highest BCUT2D eigenvalue weighted by molar-refractivity contribution is 4.87. The van der Waals surface area contributed by atoms with Crippen LogP contribution in [0.15, 0.2) is 0 Å². The summed E-state index contributed by atoms with van der Waals surface area (Å²) in [7, 11) is 0. The van der Waals surface area contributed by atoms with Crippen LogP contribution < -0.4 is 5.73 Å². The molecule has 12 heavy (non-hydrogen) atoms. The zero-order valence-electron chi connectivity index (χ0n) is 8.33. The Kier molecular flexibility index (Phi) is 3.13. The Labute approximate surface area is 75.2 Å². The van der Waals surface area contributed by atoms with E-state index in [9.17, 15) is 5.11 Å². The molecule has 0 saturated heterocycles. The van der Waals surface area contributed by atoms with Gasteiger partial charge in [-0.25, -0.2) is 0 Å². The minimum atomic E-state index is -0.278. The Balaban J connectivity index is 2.53. The second-order valence-electron chi connectivity index (χ2n) is 4.61. The van der Waals surface area contributed by atoms with Gasteiger partial charge in [-0.15, -0.1) is 0 Å². The zero-order valence-corrected chi connectivity index (χ0v) is 8.33. The molecule has 1 fully saturated rings. The summed E-state index contributed by atoms with van der Waals surface area (Å²) in [6, 6.07) is 0.00106. The number of nitrogens with two attached hydrogens (primary N) is 1. The van der Waals surface area contributed by atoms with E-state index in [1.807, 2.05) is 0 Å². The van der Waals surface area contributed by atoms with Crippen molar-refractivity contribution in [2.75, 3.05) is 0 Å². The maximum absolute atomic E-state index is 9.62. The van der Waals surface area contributed by atoms with Gasteiger partial charge in [-0.3, -0.25) is 0 Å². The first-order valence-corrected chi connectivity index (χ1v) is 4.96. The summed E-state index contributed by atoms with van der Waals surface area (Å²) < 4.78 is 0. The molecule has 1 saturated carbocycles. The van der Waals surface area contributed by atoms with Gasteiger partial charge in [0.25, 0.3) is 0 Å². The summed E-state index contributed by atoms with van der Waals surface area (Å²) in [6.07, 6.45) is 1.84. The van der Waals surface area contributed by atoms with E-state index in [2.05, 4.69) is 20.8 Å². The van der Waals surface area contributed by atoms with Gasteiger partial charge in [0.1, 0.15) is 0 Å². The topological polar surface area (TPSA) is 46.2 Å². The monoisotopic (exact) mass is 171 g/mol. The van der Waals surface area contributed by atoms with Crippen LogP contribution in [0.25, 0.3) is 0 Å². The maximum atomic E-state index is 9.62. The molecule has 0 aromatic rings. The molecule has 0 aromatic carbocycles. The highest BCUT2D eigenvalue weighted by atomic mass is 16.3. The van der Waals surface area contributed by atoms with Crippen molar-refractivity contribution in [3.8, 4) is 0 Å². The Morgan fingerprint density at radius 3 is 2.33 bits per heavy atom. The van der Waals surface area contributed by atoms with Crippen molar-refractivity contribution in [3.05, 3.63) is 0 Å². The highest BCUT2D eigenvalue weighted by Gasteiger charge is 2.33. The molecule has 1 rings (SSSR count). The highest BCUT2D eigenvalue weighted by Crippen LogP contribution is 2.32. The molecule has 1 aliphatic rings. The number of rotatable bonds is 1. The Bertz CT molecular complexity index is 135. The minimum absolute atomic E-state index is 0.00106. The van der Waals surface area contributed by atoms with Gasteiger partial charge in [0, 0.05) is 6.04 Å². The Hall–Kier alpha value is -0.0800. The molecule has 0 bridgehead atoms. The van der Waals surface area contributed by atoms with Gasteiger partial charge in [0.2, 0.25) is 0 Å². The summed E-state index contributed by atoms with van der Waals surface area (Å²) in [6.45, 7) is 6.57. The molecule has 2 nitrogen and oxygen atoms in total. The van der Waals surface area contributed by atoms with E-state index >= 15 is 0 Å². The lowest BCUT2D eigenvalue weighted by molar-refractivity contribution is 0.0281. The average molecular weight is 171 g/mol. The second-order valence-corrected chi connectivity index (χ2v) is 4.61. The summed E-state index contributed by atoms with van der Waals surface area (Å²) >= 11 is 0. The zero-order chi connectivity index (χ0) is 9.30. The SMILES string of the molecule is CC(C)[C@@H]1CC(C)[C@@H](O)[C@H](N)C1. The fourth-order valence-corrected chi connectivity index (χ4v) is 2.17. The van der Waals surface area contributed by atoms with Gasteiger partial charge in [-0.2, -0.15) is 0 Å².